The average molecular weight is 268 g/mol. The maximum absolute atomic E-state index is 13.3. The summed E-state index contributed by atoms with van der Waals surface area (Å²) in [5.74, 6) is 4.44. The molecule has 0 aliphatic heterocycles. The standard InChI is InChI=1S/C15H22F2N2/c16-13-9-8-12(10-14(13)17)15(19-18)11-6-4-2-1-3-5-7-11/h8-11,15,19H,1-7,18H2. The summed E-state index contributed by atoms with van der Waals surface area (Å²) in [5.41, 5.74) is 3.54. The minimum absolute atomic E-state index is 0.0896. The van der Waals surface area contributed by atoms with Crippen LogP contribution in [0.25, 0.3) is 0 Å². The van der Waals surface area contributed by atoms with Crippen molar-refractivity contribution in [3.63, 3.8) is 0 Å². The number of halogens is 2. The average Bonchev–Trinajstić information content (AvgIpc) is 2.36. The van der Waals surface area contributed by atoms with Gasteiger partial charge in [-0.2, -0.15) is 0 Å². The highest BCUT2D eigenvalue weighted by atomic mass is 19.2. The molecule has 0 radical (unpaired) electrons. The van der Waals surface area contributed by atoms with Crippen LogP contribution in [0.5, 0.6) is 0 Å². The highest BCUT2D eigenvalue weighted by Gasteiger charge is 2.23. The number of nitrogens with two attached hydrogens (primary N) is 1. The molecule has 1 aliphatic carbocycles. The van der Waals surface area contributed by atoms with Crippen LogP contribution in [0.15, 0.2) is 18.2 Å². The second-order valence-electron chi connectivity index (χ2n) is 5.42. The van der Waals surface area contributed by atoms with E-state index in [1.54, 1.807) is 6.07 Å². The first-order valence-electron chi connectivity index (χ1n) is 7.13. The van der Waals surface area contributed by atoms with Gasteiger partial charge in [0.1, 0.15) is 0 Å². The fourth-order valence-corrected chi connectivity index (χ4v) is 3.03. The van der Waals surface area contributed by atoms with Crippen LogP contribution in [0.4, 0.5) is 8.78 Å². The van der Waals surface area contributed by atoms with Gasteiger partial charge < -0.3 is 0 Å². The molecule has 0 saturated heterocycles. The number of hydrogen-bond donors (Lipinski definition) is 2. The minimum atomic E-state index is -0.808. The van der Waals surface area contributed by atoms with Crippen molar-refractivity contribution in [1.82, 2.24) is 5.43 Å². The Labute approximate surface area is 113 Å². The summed E-state index contributed by atoms with van der Waals surface area (Å²) in [5, 5.41) is 0. The molecule has 1 unspecified atom stereocenters. The molecule has 1 aliphatic rings. The molecule has 0 amide bonds. The monoisotopic (exact) mass is 268 g/mol. The van der Waals surface area contributed by atoms with E-state index in [0.717, 1.165) is 18.4 Å². The van der Waals surface area contributed by atoms with E-state index in [-0.39, 0.29) is 6.04 Å². The fraction of sp³-hybridized carbons (Fsp3) is 0.600. The Balaban J connectivity index is 2.14. The van der Waals surface area contributed by atoms with Gasteiger partial charge in [0.2, 0.25) is 0 Å². The Morgan fingerprint density at radius 1 is 1.00 bits per heavy atom. The van der Waals surface area contributed by atoms with E-state index >= 15 is 0 Å². The van der Waals surface area contributed by atoms with Crippen LogP contribution in [0.3, 0.4) is 0 Å². The van der Waals surface area contributed by atoms with E-state index in [1.165, 1.54) is 44.2 Å². The highest BCUT2D eigenvalue weighted by Crippen LogP contribution is 2.32. The summed E-state index contributed by atoms with van der Waals surface area (Å²) < 4.78 is 26.3. The Kier molecular flexibility index (Phi) is 5.28. The van der Waals surface area contributed by atoms with Crippen molar-refractivity contribution in [3.8, 4) is 0 Å². The molecule has 1 aromatic rings. The Morgan fingerprint density at radius 3 is 2.21 bits per heavy atom. The van der Waals surface area contributed by atoms with Gasteiger partial charge in [0, 0.05) is 6.04 Å². The van der Waals surface area contributed by atoms with Crippen LogP contribution in [-0.4, -0.2) is 0 Å². The van der Waals surface area contributed by atoms with Crippen molar-refractivity contribution in [1.29, 1.82) is 0 Å². The van der Waals surface area contributed by atoms with Crippen LogP contribution in [0.1, 0.15) is 56.6 Å². The number of hydrazine groups is 1. The molecule has 4 heteroatoms. The van der Waals surface area contributed by atoms with Crippen LogP contribution in [0, 0.1) is 17.6 Å². The van der Waals surface area contributed by atoms with Gasteiger partial charge in [-0.25, -0.2) is 8.78 Å². The van der Waals surface area contributed by atoms with E-state index in [0.29, 0.717) is 5.92 Å². The Hall–Kier alpha value is -1.00. The van der Waals surface area contributed by atoms with Crippen LogP contribution in [-0.2, 0) is 0 Å². The quantitative estimate of drug-likeness (QED) is 0.646. The molecular weight excluding hydrogens is 246 g/mol. The molecule has 1 atom stereocenters. The second-order valence-corrected chi connectivity index (χ2v) is 5.42. The summed E-state index contributed by atoms with van der Waals surface area (Å²) in [6.45, 7) is 0. The zero-order chi connectivity index (χ0) is 13.7. The normalized spacial score (nSPS) is 19.7. The zero-order valence-corrected chi connectivity index (χ0v) is 11.2. The molecule has 0 aromatic heterocycles. The van der Waals surface area contributed by atoms with Gasteiger partial charge in [0.15, 0.2) is 11.6 Å². The SMILES string of the molecule is NNC(c1ccc(F)c(F)c1)C1CCCCCCC1. The Morgan fingerprint density at radius 2 is 1.63 bits per heavy atom. The predicted octanol–water partition coefficient (Wildman–Crippen LogP) is 3.83. The van der Waals surface area contributed by atoms with Crippen molar-refractivity contribution in [2.75, 3.05) is 0 Å². The second kappa shape index (κ2) is 6.96. The molecule has 0 bridgehead atoms. The lowest BCUT2D eigenvalue weighted by Crippen LogP contribution is -2.34. The van der Waals surface area contributed by atoms with Crippen LogP contribution < -0.4 is 11.3 Å². The third-order valence-corrected chi connectivity index (χ3v) is 4.10. The van der Waals surface area contributed by atoms with Crippen molar-refractivity contribution < 1.29 is 8.78 Å². The van der Waals surface area contributed by atoms with E-state index in [4.69, 9.17) is 5.84 Å². The van der Waals surface area contributed by atoms with E-state index < -0.39 is 11.6 Å². The molecule has 1 aromatic carbocycles. The van der Waals surface area contributed by atoms with Gasteiger partial charge in [-0.1, -0.05) is 38.2 Å². The molecule has 1 fully saturated rings. The maximum Gasteiger partial charge on any atom is 0.159 e. The topological polar surface area (TPSA) is 38.0 Å². The molecule has 3 N–H and O–H groups in total. The number of nitrogens with one attached hydrogen (secondary N) is 1. The van der Waals surface area contributed by atoms with Gasteiger partial charge in [-0.05, 0) is 36.5 Å². The van der Waals surface area contributed by atoms with Crippen molar-refractivity contribution in [3.05, 3.63) is 35.4 Å². The highest BCUT2D eigenvalue weighted by molar-refractivity contribution is 5.22. The Bertz CT molecular complexity index is 401. The lowest BCUT2D eigenvalue weighted by atomic mass is 9.83. The molecule has 106 valence electrons. The van der Waals surface area contributed by atoms with Gasteiger partial charge in [0.25, 0.3) is 0 Å². The van der Waals surface area contributed by atoms with Crippen molar-refractivity contribution in [2.45, 2.75) is 51.0 Å². The fourth-order valence-electron chi connectivity index (χ4n) is 3.03. The van der Waals surface area contributed by atoms with Gasteiger partial charge in [-0.3, -0.25) is 11.3 Å². The number of rotatable bonds is 3. The summed E-state index contributed by atoms with van der Waals surface area (Å²) in [6, 6.07) is 3.98. The largest absolute Gasteiger partial charge is 0.271 e. The first kappa shape index (κ1) is 14.4. The molecule has 0 heterocycles. The summed E-state index contributed by atoms with van der Waals surface area (Å²) >= 11 is 0. The van der Waals surface area contributed by atoms with E-state index in [2.05, 4.69) is 5.43 Å². The lowest BCUT2D eigenvalue weighted by molar-refractivity contribution is 0.290. The zero-order valence-electron chi connectivity index (χ0n) is 11.2. The third-order valence-electron chi connectivity index (χ3n) is 4.10. The van der Waals surface area contributed by atoms with Crippen LogP contribution >= 0.6 is 0 Å². The molecule has 0 spiro atoms. The molecule has 2 rings (SSSR count). The molecule has 2 nitrogen and oxygen atoms in total. The number of hydrogen-bond acceptors (Lipinski definition) is 2. The lowest BCUT2D eigenvalue weighted by Gasteiger charge is -2.28. The molecule has 1 saturated carbocycles. The first-order valence-corrected chi connectivity index (χ1v) is 7.13. The molecule has 19 heavy (non-hydrogen) atoms. The van der Waals surface area contributed by atoms with Crippen molar-refractivity contribution >= 4 is 0 Å². The predicted molar refractivity (Wildman–Crippen MR) is 72.2 cm³/mol. The van der Waals surface area contributed by atoms with Crippen LogP contribution in [0.2, 0.25) is 0 Å². The number of benzene rings is 1. The summed E-state index contributed by atoms with van der Waals surface area (Å²) in [4.78, 5) is 0. The maximum atomic E-state index is 13.3. The van der Waals surface area contributed by atoms with Gasteiger partial charge in [0.05, 0.1) is 0 Å². The third kappa shape index (κ3) is 3.74. The van der Waals surface area contributed by atoms with Gasteiger partial charge in [-0.15, -0.1) is 0 Å². The van der Waals surface area contributed by atoms with E-state index in [1.807, 2.05) is 0 Å². The summed E-state index contributed by atoms with van der Waals surface area (Å²) in [7, 11) is 0. The minimum Gasteiger partial charge on any atom is -0.271 e. The van der Waals surface area contributed by atoms with Gasteiger partial charge >= 0.3 is 0 Å². The molecular formula is C15H22F2N2. The summed E-state index contributed by atoms with van der Waals surface area (Å²) in [6.07, 6.45) is 8.37. The van der Waals surface area contributed by atoms with Crippen molar-refractivity contribution in [2.24, 2.45) is 11.8 Å². The van der Waals surface area contributed by atoms with E-state index in [9.17, 15) is 8.78 Å². The first-order chi connectivity index (χ1) is 9.22. The smallest absolute Gasteiger partial charge is 0.159 e.